The van der Waals surface area contributed by atoms with Crippen molar-refractivity contribution in [2.45, 2.75) is 77.4 Å². The summed E-state index contributed by atoms with van der Waals surface area (Å²) in [6.07, 6.45) is 6.32. The van der Waals surface area contributed by atoms with Gasteiger partial charge in [-0.1, -0.05) is 79.4 Å². The van der Waals surface area contributed by atoms with E-state index in [9.17, 15) is 18.0 Å². The Balaban J connectivity index is 1.91. The van der Waals surface area contributed by atoms with Crippen LogP contribution < -0.4 is 9.62 Å². The fourth-order valence-corrected chi connectivity index (χ4v) is 5.87. The lowest BCUT2D eigenvalue weighted by Gasteiger charge is -2.33. The van der Waals surface area contributed by atoms with Crippen molar-refractivity contribution in [1.82, 2.24) is 10.2 Å². The highest BCUT2D eigenvalue weighted by molar-refractivity contribution is 9.10. The van der Waals surface area contributed by atoms with Crippen LogP contribution in [0.1, 0.15) is 69.9 Å². The standard InChI is InChI=1S/C28H38BrN3O4S/c1-20(2)25-12-8-9-13-26(25)32(37(4,35)36)19-27(33)31(18-22-14-16-23(29)17-15-22)21(3)28(34)30-24-10-6-5-7-11-24/h8-9,12-17,20-21,24H,5-7,10-11,18-19H2,1-4H3,(H,30,34)/t21-/m1/s1. The lowest BCUT2D eigenvalue weighted by atomic mass is 9.95. The Hall–Kier alpha value is -2.39. The van der Waals surface area contributed by atoms with Crippen molar-refractivity contribution in [1.29, 1.82) is 0 Å². The maximum atomic E-state index is 13.8. The van der Waals surface area contributed by atoms with Crippen LogP contribution in [0.15, 0.2) is 53.0 Å². The first kappa shape index (κ1) is 29.2. The molecule has 202 valence electrons. The van der Waals surface area contributed by atoms with Crippen molar-refractivity contribution < 1.29 is 18.0 Å². The number of hydrogen-bond acceptors (Lipinski definition) is 4. The number of benzene rings is 2. The molecule has 1 fully saturated rings. The molecule has 0 unspecified atom stereocenters. The normalized spacial score (nSPS) is 15.3. The van der Waals surface area contributed by atoms with Gasteiger partial charge in [0.2, 0.25) is 21.8 Å². The summed E-state index contributed by atoms with van der Waals surface area (Å²) < 4.78 is 27.9. The zero-order chi connectivity index (χ0) is 27.2. The van der Waals surface area contributed by atoms with Crippen LogP contribution in [-0.4, -0.2) is 50.0 Å². The van der Waals surface area contributed by atoms with Crippen LogP contribution in [0.2, 0.25) is 0 Å². The van der Waals surface area contributed by atoms with Crippen LogP contribution in [-0.2, 0) is 26.2 Å². The first-order chi connectivity index (χ1) is 17.5. The minimum absolute atomic E-state index is 0.0645. The van der Waals surface area contributed by atoms with Crippen molar-refractivity contribution >= 4 is 43.5 Å². The fourth-order valence-electron chi connectivity index (χ4n) is 4.74. The quantitative estimate of drug-likeness (QED) is 0.411. The molecule has 1 saturated carbocycles. The molecule has 1 atom stereocenters. The predicted octanol–water partition coefficient (Wildman–Crippen LogP) is 5.20. The predicted molar refractivity (Wildman–Crippen MR) is 152 cm³/mol. The topological polar surface area (TPSA) is 86.8 Å². The van der Waals surface area contributed by atoms with Gasteiger partial charge >= 0.3 is 0 Å². The second kappa shape index (κ2) is 12.9. The molecule has 2 aromatic carbocycles. The van der Waals surface area contributed by atoms with E-state index in [1.54, 1.807) is 19.1 Å². The van der Waals surface area contributed by atoms with Crippen molar-refractivity contribution in [2.75, 3.05) is 17.1 Å². The Bertz CT molecular complexity index is 1180. The van der Waals surface area contributed by atoms with Crippen molar-refractivity contribution in [2.24, 2.45) is 0 Å². The lowest BCUT2D eigenvalue weighted by Crippen LogP contribution is -2.53. The van der Waals surface area contributed by atoms with Gasteiger partial charge in [0.05, 0.1) is 11.9 Å². The highest BCUT2D eigenvalue weighted by Crippen LogP contribution is 2.29. The molecule has 0 heterocycles. The molecule has 1 aliphatic rings. The third-order valence-electron chi connectivity index (χ3n) is 6.89. The lowest BCUT2D eigenvalue weighted by molar-refractivity contribution is -0.139. The number of nitrogens with zero attached hydrogens (tertiary/aromatic N) is 2. The number of nitrogens with one attached hydrogen (secondary N) is 1. The van der Waals surface area contributed by atoms with E-state index < -0.39 is 22.0 Å². The van der Waals surface area contributed by atoms with E-state index in [0.717, 1.165) is 51.8 Å². The number of carbonyl (C=O) groups is 2. The molecule has 1 aliphatic carbocycles. The number of rotatable bonds is 10. The van der Waals surface area contributed by atoms with Gasteiger partial charge in [-0.15, -0.1) is 0 Å². The number of sulfonamides is 1. The van der Waals surface area contributed by atoms with E-state index in [-0.39, 0.29) is 31.0 Å². The molecule has 1 N–H and O–H groups in total. The Morgan fingerprint density at radius 2 is 1.62 bits per heavy atom. The average Bonchev–Trinajstić information content (AvgIpc) is 2.86. The van der Waals surface area contributed by atoms with Crippen LogP contribution in [0.5, 0.6) is 0 Å². The van der Waals surface area contributed by atoms with E-state index in [1.807, 2.05) is 50.2 Å². The van der Waals surface area contributed by atoms with E-state index >= 15 is 0 Å². The molecule has 2 amide bonds. The van der Waals surface area contributed by atoms with Crippen LogP contribution in [0.3, 0.4) is 0 Å². The summed E-state index contributed by atoms with van der Waals surface area (Å²) in [7, 11) is -3.77. The molecule has 0 spiro atoms. The number of anilines is 1. The molecular formula is C28H38BrN3O4S. The van der Waals surface area contributed by atoms with E-state index in [2.05, 4.69) is 21.2 Å². The van der Waals surface area contributed by atoms with Gasteiger partial charge in [-0.05, 0) is 55.0 Å². The molecule has 7 nitrogen and oxygen atoms in total. The van der Waals surface area contributed by atoms with Crippen LogP contribution in [0.4, 0.5) is 5.69 Å². The van der Waals surface area contributed by atoms with Gasteiger partial charge in [-0.3, -0.25) is 13.9 Å². The Morgan fingerprint density at radius 3 is 2.22 bits per heavy atom. The van der Waals surface area contributed by atoms with Crippen LogP contribution >= 0.6 is 15.9 Å². The molecule has 37 heavy (non-hydrogen) atoms. The molecular weight excluding hydrogens is 554 g/mol. The third-order valence-corrected chi connectivity index (χ3v) is 8.55. The summed E-state index contributed by atoms with van der Waals surface area (Å²) in [6.45, 7) is 5.48. The maximum Gasteiger partial charge on any atom is 0.244 e. The first-order valence-electron chi connectivity index (χ1n) is 12.9. The molecule has 0 saturated heterocycles. The van der Waals surface area contributed by atoms with Gasteiger partial charge in [0.25, 0.3) is 0 Å². The summed E-state index contributed by atoms with van der Waals surface area (Å²) >= 11 is 3.43. The van der Waals surface area contributed by atoms with E-state index in [1.165, 1.54) is 11.3 Å². The van der Waals surface area contributed by atoms with Crippen molar-refractivity contribution in [3.05, 3.63) is 64.1 Å². The van der Waals surface area contributed by atoms with Gasteiger partial charge in [0.1, 0.15) is 12.6 Å². The molecule has 0 bridgehead atoms. The van der Waals surface area contributed by atoms with Crippen molar-refractivity contribution in [3.8, 4) is 0 Å². The van der Waals surface area contributed by atoms with Gasteiger partial charge in [-0.25, -0.2) is 8.42 Å². The molecule has 3 rings (SSSR count). The molecule has 0 radical (unpaired) electrons. The third kappa shape index (κ3) is 8.04. The zero-order valence-electron chi connectivity index (χ0n) is 22.1. The van der Waals surface area contributed by atoms with Crippen LogP contribution in [0, 0.1) is 0 Å². The highest BCUT2D eigenvalue weighted by Gasteiger charge is 2.32. The second-order valence-electron chi connectivity index (χ2n) is 10.2. The number of carbonyl (C=O) groups excluding carboxylic acids is 2. The monoisotopic (exact) mass is 591 g/mol. The highest BCUT2D eigenvalue weighted by atomic mass is 79.9. The number of halogens is 1. The summed E-state index contributed by atoms with van der Waals surface area (Å²) in [5.74, 6) is -0.585. The zero-order valence-corrected chi connectivity index (χ0v) is 24.5. The Labute approximate surface area is 229 Å². The molecule has 0 aliphatic heterocycles. The Kier molecular flexibility index (Phi) is 10.2. The maximum absolute atomic E-state index is 13.8. The first-order valence-corrected chi connectivity index (χ1v) is 15.5. The van der Waals surface area contributed by atoms with Gasteiger partial charge in [-0.2, -0.15) is 0 Å². The van der Waals surface area contributed by atoms with Crippen LogP contribution in [0.25, 0.3) is 0 Å². The number of para-hydroxylation sites is 1. The Morgan fingerprint density at radius 1 is 1.00 bits per heavy atom. The van der Waals surface area contributed by atoms with Gasteiger partial charge in [0.15, 0.2) is 0 Å². The SMILES string of the molecule is CC(C)c1ccccc1N(CC(=O)N(Cc1ccc(Br)cc1)[C@H](C)C(=O)NC1CCCCC1)S(C)(=O)=O. The average molecular weight is 593 g/mol. The van der Waals surface area contributed by atoms with Crippen molar-refractivity contribution in [3.63, 3.8) is 0 Å². The van der Waals surface area contributed by atoms with E-state index in [0.29, 0.717) is 5.69 Å². The minimum Gasteiger partial charge on any atom is -0.352 e. The summed E-state index contributed by atoms with van der Waals surface area (Å²) in [4.78, 5) is 28.5. The summed E-state index contributed by atoms with van der Waals surface area (Å²) in [6, 6.07) is 14.1. The molecule has 9 heteroatoms. The van der Waals surface area contributed by atoms with Gasteiger partial charge < -0.3 is 10.2 Å². The van der Waals surface area contributed by atoms with Gasteiger partial charge in [0, 0.05) is 17.1 Å². The van der Waals surface area contributed by atoms with E-state index in [4.69, 9.17) is 0 Å². The number of amides is 2. The summed E-state index contributed by atoms with van der Waals surface area (Å²) in [5.41, 5.74) is 2.17. The smallest absolute Gasteiger partial charge is 0.244 e. The minimum atomic E-state index is -3.77. The largest absolute Gasteiger partial charge is 0.352 e. The summed E-state index contributed by atoms with van der Waals surface area (Å²) in [5, 5.41) is 3.12. The molecule has 0 aromatic heterocycles. The number of hydrogen-bond donors (Lipinski definition) is 1. The molecule has 2 aromatic rings. The second-order valence-corrected chi connectivity index (χ2v) is 13.0. The fraction of sp³-hybridized carbons (Fsp3) is 0.500.